The van der Waals surface area contributed by atoms with Gasteiger partial charge in [-0.1, -0.05) is 26.3 Å². The van der Waals surface area contributed by atoms with Crippen molar-refractivity contribution in [1.82, 2.24) is 0 Å². The first-order valence-corrected chi connectivity index (χ1v) is 6.64. The van der Waals surface area contributed by atoms with E-state index in [-0.39, 0.29) is 17.1 Å². The van der Waals surface area contributed by atoms with E-state index in [1.807, 2.05) is 31.9 Å². The van der Waals surface area contributed by atoms with Gasteiger partial charge in [-0.3, -0.25) is 5.41 Å². The molecule has 0 atom stereocenters. The Morgan fingerprint density at radius 2 is 2.05 bits per heavy atom. The molecule has 0 saturated heterocycles. The number of amidine groups is 1. The number of nitrogens with two attached hydrogens (primary N) is 1. The van der Waals surface area contributed by atoms with Crippen LogP contribution in [0.2, 0.25) is 0 Å². The summed E-state index contributed by atoms with van der Waals surface area (Å²) >= 11 is 0. The van der Waals surface area contributed by atoms with Crippen LogP contribution in [-0.4, -0.2) is 19.4 Å². The van der Waals surface area contributed by atoms with Gasteiger partial charge in [0.2, 0.25) is 0 Å². The topological polar surface area (TPSA) is 53.1 Å². The van der Waals surface area contributed by atoms with Gasteiger partial charge in [-0.15, -0.1) is 0 Å². The second-order valence-electron chi connectivity index (χ2n) is 5.66. The molecule has 106 valence electrons. The van der Waals surface area contributed by atoms with Crippen LogP contribution in [0.3, 0.4) is 0 Å². The lowest BCUT2D eigenvalue weighted by molar-refractivity contribution is 0.442. The molecule has 0 aromatic heterocycles. The quantitative estimate of drug-likeness (QED) is 0.451. The normalized spacial score (nSPS) is 11.4. The SMILES string of the molecule is CN(CCCCC(C)(C)C(=N)N)c1cccc(F)c1. The number of nitrogens with one attached hydrogen (secondary N) is 1. The molecule has 19 heavy (non-hydrogen) atoms. The van der Waals surface area contributed by atoms with Crippen molar-refractivity contribution in [3.63, 3.8) is 0 Å². The van der Waals surface area contributed by atoms with Gasteiger partial charge in [0.25, 0.3) is 0 Å². The van der Waals surface area contributed by atoms with E-state index >= 15 is 0 Å². The Balaban J connectivity index is 2.36. The van der Waals surface area contributed by atoms with Crippen LogP contribution < -0.4 is 10.6 Å². The van der Waals surface area contributed by atoms with Gasteiger partial charge >= 0.3 is 0 Å². The fourth-order valence-electron chi connectivity index (χ4n) is 1.89. The monoisotopic (exact) mass is 265 g/mol. The molecule has 0 aliphatic rings. The summed E-state index contributed by atoms with van der Waals surface area (Å²) in [5.74, 6) is 0.0352. The van der Waals surface area contributed by atoms with Crippen molar-refractivity contribution in [2.45, 2.75) is 33.1 Å². The van der Waals surface area contributed by atoms with Crippen molar-refractivity contribution in [2.75, 3.05) is 18.5 Å². The minimum Gasteiger partial charge on any atom is -0.387 e. The van der Waals surface area contributed by atoms with Gasteiger partial charge in [-0.2, -0.15) is 0 Å². The number of halogens is 1. The van der Waals surface area contributed by atoms with E-state index in [1.54, 1.807) is 12.1 Å². The Morgan fingerprint density at radius 1 is 1.37 bits per heavy atom. The van der Waals surface area contributed by atoms with Crippen molar-refractivity contribution in [2.24, 2.45) is 11.1 Å². The highest BCUT2D eigenvalue weighted by atomic mass is 19.1. The molecule has 0 aliphatic carbocycles. The van der Waals surface area contributed by atoms with Crippen LogP contribution in [0, 0.1) is 16.6 Å². The van der Waals surface area contributed by atoms with Crippen LogP contribution in [0.25, 0.3) is 0 Å². The fraction of sp³-hybridized carbons (Fsp3) is 0.533. The van der Waals surface area contributed by atoms with Crippen LogP contribution in [0.1, 0.15) is 33.1 Å². The van der Waals surface area contributed by atoms with Gasteiger partial charge in [0.05, 0.1) is 5.84 Å². The Bertz CT molecular complexity index is 429. The first-order valence-electron chi connectivity index (χ1n) is 6.64. The molecule has 3 N–H and O–H groups in total. The van der Waals surface area contributed by atoms with E-state index in [9.17, 15) is 4.39 Å². The molecule has 0 aliphatic heterocycles. The zero-order chi connectivity index (χ0) is 14.5. The predicted molar refractivity (Wildman–Crippen MR) is 79.2 cm³/mol. The summed E-state index contributed by atoms with van der Waals surface area (Å²) < 4.78 is 13.1. The summed E-state index contributed by atoms with van der Waals surface area (Å²) in [6.07, 6.45) is 2.91. The number of rotatable bonds is 7. The van der Waals surface area contributed by atoms with E-state index in [2.05, 4.69) is 0 Å². The van der Waals surface area contributed by atoms with Crippen LogP contribution >= 0.6 is 0 Å². The molecule has 3 nitrogen and oxygen atoms in total. The summed E-state index contributed by atoms with van der Waals surface area (Å²) in [5.41, 5.74) is 6.22. The lowest BCUT2D eigenvalue weighted by atomic mass is 9.86. The van der Waals surface area contributed by atoms with Gasteiger partial charge in [0.1, 0.15) is 5.82 Å². The smallest absolute Gasteiger partial charge is 0.125 e. The molecular weight excluding hydrogens is 241 g/mol. The number of unbranched alkanes of at least 4 members (excludes halogenated alkanes) is 1. The highest BCUT2D eigenvalue weighted by Crippen LogP contribution is 2.23. The first kappa shape index (κ1) is 15.5. The number of benzene rings is 1. The molecule has 0 unspecified atom stereocenters. The molecule has 0 amide bonds. The molecule has 1 aromatic rings. The highest BCUT2D eigenvalue weighted by molar-refractivity contribution is 5.82. The molecule has 0 bridgehead atoms. The third-order valence-electron chi connectivity index (χ3n) is 3.52. The van der Waals surface area contributed by atoms with E-state index in [4.69, 9.17) is 11.1 Å². The molecule has 0 heterocycles. The molecule has 1 aromatic carbocycles. The second kappa shape index (κ2) is 6.55. The molecule has 1 rings (SSSR count). The maximum absolute atomic E-state index is 13.1. The van der Waals surface area contributed by atoms with Crippen LogP contribution in [0.4, 0.5) is 10.1 Å². The average molecular weight is 265 g/mol. The molecule has 0 spiro atoms. The van der Waals surface area contributed by atoms with E-state index in [0.29, 0.717) is 0 Å². The summed E-state index contributed by atoms with van der Waals surface area (Å²) in [4.78, 5) is 2.05. The van der Waals surface area contributed by atoms with Crippen molar-refractivity contribution in [3.05, 3.63) is 30.1 Å². The minimum atomic E-state index is -0.225. The summed E-state index contributed by atoms with van der Waals surface area (Å²) in [5, 5.41) is 7.50. The zero-order valence-corrected chi connectivity index (χ0v) is 12.0. The molecule has 0 fully saturated rings. The summed E-state index contributed by atoms with van der Waals surface area (Å²) in [6.45, 7) is 4.86. The van der Waals surface area contributed by atoms with Gasteiger partial charge in [-0.25, -0.2) is 4.39 Å². The standard InChI is InChI=1S/C15H24FN3/c1-15(2,14(17)18)9-4-5-10-19(3)13-8-6-7-12(16)11-13/h6-8,11H,4-5,9-10H2,1-3H3,(H3,17,18). The Hall–Kier alpha value is -1.58. The van der Waals surface area contributed by atoms with Crippen molar-refractivity contribution in [3.8, 4) is 0 Å². The summed E-state index contributed by atoms with van der Waals surface area (Å²) in [6, 6.07) is 6.62. The fourth-order valence-corrected chi connectivity index (χ4v) is 1.89. The second-order valence-corrected chi connectivity index (χ2v) is 5.66. The third-order valence-corrected chi connectivity index (χ3v) is 3.52. The largest absolute Gasteiger partial charge is 0.387 e. The van der Waals surface area contributed by atoms with Crippen molar-refractivity contribution < 1.29 is 4.39 Å². The highest BCUT2D eigenvalue weighted by Gasteiger charge is 2.20. The minimum absolute atomic E-state index is 0.206. The van der Waals surface area contributed by atoms with Gasteiger partial charge in [0.15, 0.2) is 0 Å². The van der Waals surface area contributed by atoms with Crippen LogP contribution in [-0.2, 0) is 0 Å². The van der Waals surface area contributed by atoms with E-state index in [1.165, 1.54) is 6.07 Å². The lowest BCUT2D eigenvalue weighted by Crippen LogP contribution is -2.31. The molecule has 0 radical (unpaired) electrons. The Morgan fingerprint density at radius 3 is 2.63 bits per heavy atom. The van der Waals surface area contributed by atoms with Gasteiger partial charge in [-0.05, 0) is 31.0 Å². The lowest BCUT2D eigenvalue weighted by Gasteiger charge is -2.24. The average Bonchev–Trinajstić information content (AvgIpc) is 2.34. The van der Waals surface area contributed by atoms with Crippen molar-refractivity contribution in [1.29, 1.82) is 5.41 Å². The predicted octanol–water partition coefficient (Wildman–Crippen LogP) is 3.39. The van der Waals surface area contributed by atoms with E-state index < -0.39 is 0 Å². The zero-order valence-electron chi connectivity index (χ0n) is 12.0. The van der Waals surface area contributed by atoms with E-state index in [0.717, 1.165) is 31.5 Å². The maximum Gasteiger partial charge on any atom is 0.125 e. The number of nitrogens with zero attached hydrogens (tertiary/aromatic N) is 1. The molecule has 4 heteroatoms. The van der Waals surface area contributed by atoms with Crippen LogP contribution in [0.5, 0.6) is 0 Å². The molecule has 0 saturated carbocycles. The Labute approximate surface area is 115 Å². The van der Waals surface area contributed by atoms with Crippen LogP contribution in [0.15, 0.2) is 24.3 Å². The third kappa shape index (κ3) is 4.89. The molecular formula is C15H24FN3. The summed E-state index contributed by atoms with van der Waals surface area (Å²) in [7, 11) is 1.96. The van der Waals surface area contributed by atoms with Gasteiger partial charge < -0.3 is 10.6 Å². The number of hydrogen-bond acceptors (Lipinski definition) is 2. The maximum atomic E-state index is 13.1. The van der Waals surface area contributed by atoms with Crippen molar-refractivity contribution >= 4 is 11.5 Å². The number of hydrogen-bond donors (Lipinski definition) is 2. The first-order chi connectivity index (χ1) is 8.83. The Kier molecular flexibility index (Phi) is 5.33. The number of anilines is 1. The van der Waals surface area contributed by atoms with Gasteiger partial charge in [0, 0.05) is 24.7 Å².